The average molecular weight is 1440 g/mol. The monoisotopic (exact) mass is 1440 g/mol. The number of aliphatic hydroxyl groups is 1. The minimum Gasteiger partial charge on any atom is -0.462 e. The summed E-state index contributed by atoms with van der Waals surface area (Å²) in [7, 11) is -9.99. The molecule has 0 aromatic rings. The Morgan fingerprint density at radius 3 is 0.870 bits per heavy atom. The molecule has 5 unspecified atom stereocenters. The number of esters is 4. The summed E-state index contributed by atoms with van der Waals surface area (Å²) < 4.78 is 68.4. The average Bonchev–Trinajstić information content (AvgIpc) is 1.15. The molecule has 3 N–H and O–H groups in total. The van der Waals surface area contributed by atoms with Crippen molar-refractivity contribution in [2.45, 2.75) is 316 Å². The van der Waals surface area contributed by atoms with Crippen LogP contribution in [0.5, 0.6) is 0 Å². The molecule has 0 aliphatic heterocycles. The summed E-state index contributed by atoms with van der Waals surface area (Å²) in [5.41, 5.74) is 0. The van der Waals surface area contributed by atoms with Gasteiger partial charge in [0.25, 0.3) is 0 Å². The highest BCUT2D eigenvalue weighted by molar-refractivity contribution is 7.47. The van der Waals surface area contributed by atoms with E-state index in [1.807, 2.05) is 24.3 Å². The van der Waals surface area contributed by atoms with Gasteiger partial charge in [-0.25, -0.2) is 9.13 Å². The van der Waals surface area contributed by atoms with Crippen molar-refractivity contribution in [2.75, 3.05) is 39.6 Å². The number of carbonyl (C=O) groups is 4. The molecule has 0 fully saturated rings. The first-order valence-corrected chi connectivity index (χ1v) is 41.4. The van der Waals surface area contributed by atoms with E-state index in [4.69, 9.17) is 37.0 Å². The standard InChI is InChI=1S/C81H136O17P2/c1-5-9-13-17-21-25-29-33-35-37-39-43-46-50-54-58-62-66-79(84)92-72-77(98-81(86)68-64-60-56-52-48-44-40-38-36-34-30-26-22-18-14-10-6-2)74-96-100(89,90)94-70-75(82)69-93-99(87,88)95-73-76(97-80(85)67-63-59-55-51-47-42-32-28-24-20-16-12-8-4)71-91-78(83)65-61-57-53-49-45-41-31-27-23-19-15-11-7-3/h9-10,13-14,21-22,25-27,31,33-36,39-40,43-44,50,52,54,56,75-77,82H,5-8,11-12,15-20,23-24,28-30,32,37-38,41-42,45-49,51,53,55,57-74H2,1-4H3,(H,87,88)(H,89,90)/b13-9-,14-10-,25-21-,26-22-,31-27-,35-33-,36-34-,43-39-,44-40-,54-50-,56-52-. The molecule has 0 spiro atoms. The Hall–Kier alpha value is -4.80. The second kappa shape index (κ2) is 72.5. The first kappa shape index (κ1) is 95.2. The third-order valence-corrected chi connectivity index (χ3v) is 17.5. The fraction of sp³-hybridized carbons (Fsp3) is 0.679. The maximum absolute atomic E-state index is 13.1. The second-order valence-corrected chi connectivity index (χ2v) is 28.1. The van der Waals surface area contributed by atoms with Gasteiger partial charge < -0.3 is 33.8 Å². The second-order valence-electron chi connectivity index (χ2n) is 25.2. The maximum Gasteiger partial charge on any atom is 0.472 e. The number of hydrogen-bond donors (Lipinski definition) is 3. The van der Waals surface area contributed by atoms with Crippen molar-refractivity contribution in [3.8, 4) is 0 Å². The minimum absolute atomic E-state index is 0.000928. The summed E-state index contributed by atoms with van der Waals surface area (Å²) in [4.78, 5) is 72.8. The van der Waals surface area contributed by atoms with Gasteiger partial charge in [0.2, 0.25) is 0 Å². The van der Waals surface area contributed by atoms with E-state index in [0.717, 1.165) is 128 Å². The number of ether oxygens (including phenoxy) is 4. The fourth-order valence-corrected chi connectivity index (χ4v) is 11.4. The minimum atomic E-state index is -5.01. The number of allylic oxidation sites excluding steroid dienone is 22. The summed E-state index contributed by atoms with van der Waals surface area (Å²) in [5, 5.41) is 10.6. The van der Waals surface area contributed by atoms with Crippen LogP contribution in [0.4, 0.5) is 0 Å². The largest absolute Gasteiger partial charge is 0.472 e. The Labute approximate surface area is 605 Å². The van der Waals surface area contributed by atoms with Crippen molar-refractivity contribution in [2.24, 2.45) is 0 Å². The van der Waals surface area contributed by atoms with Crippen LogP contribution in [0.15, 0.2) is 134 Å². The number of hydrogen-bond acceptors (Lipinski definition) is 15. The lowest BCUT2D eigenvalue weighted by Crippen LogP contribution is -2.30. The van der Waals surface area contributed by atoms with Crippen LogP contribution in [0, 0.1) is 0 Å². The highest BCUT2D eigenvalue weighted by Crippen LogP contribution is 2.45. The van der Waals surface area contributed by atoms with Crippen LogP contribution >= 0.6 is 15.6 Å². The van der Waals surface area contributed by atoms with E-state index in [1.165, 1.54) is 77.0 Å². The lowest BCUT2D eigenvalue weighted by Gasteiger charge is -2.21. The molecule has 0 bridgehead atoms. The summed E-state index contributed by atoms with van der Waals surface area (Å²) in [6.45, 7) is 4.49. The predicted molar refractivity (Wildman–Crippen MR) is 408 cm³/mol. The van der Waals surface area contributed by atoms with Gasteiger partial charge in [0, 0.05) is 25.7 Å². The van der Waals surface area contributed by atoms with Gasteiger partial charge >= 0.3 is 39.5 Å². The third-order valence-electron chi connectivity index (χ3n) is 15.6. The third kappa shape index (κ3) is 71.6. The fourth-order valence-electron chi connectivity index (χ4n) is 9.82. The lowest BCUT2D eigenvalue weighted by molar-refractivity contribution is -0.161. The molecule has 0 radical (unpaired) electrons. The lowest BCUT2D eigenvalue weighted by atomic mass is 10.0. The molecule has 0 aliphatic rings. The van der Waals surface area contributed by atoms with Gasteiger partial charge in [0.15, 0.2) is 12.2 Å². The van der Waals surface area contributed by atoms with Crippen molar-refractivity contribution < 1.29 is 80.2 Å². The van der Waals surface area contributed by atoms with Crippen LogP contribution in [-0.4, -0.2) is 96.7 Å². The van der Waals surface area contributed by atoms with Gasteiger partial charge in [-0.1, -0.05) is 277 Å². The summed E-state index contributed by atoms with van der Waals surface area (Å²) in [6, 6.07) is 0. The van der Waals surface area contributed by atoms with Crippen LogP contribution in [0.2, 0.25) is 0 Å². The predicted octanol–water partition coefficient (Wildman–Crippen LogP) is 22.1. The Morgan fingerprint density at radius 1 is 0.290 bits per heavy atom. The van der Waals surface area contributed by atoms with Crippen molar-refractivity contribution in [3.05, 3.63) is 134 Å². The van der Waals surface area contributed by atoms with E-state index in [0.29, 0.717) is 38.5 Å². The van der Waals surface area contributed by atoms with Crippen molar-refractivity contribution in [1.29, 1.82) is 0 Å². The number of rotatable bonds is 71. The molecule has 0 saturated carbocycles. The molecule has 0 amide bonds. The zero-order valence-electron chi connectivity index (χ0n) is 62.3. The SMILES string of the molecule is CC/C=C\C/C=C\C/C=C\C/C=C\C/C=C\CCCC(=O)OCC(COP(=O)(O)OCC(O)COP(=O)(O)OCC(COC(=O)CCCCCCC/C=C\CCCCCC)OC(=O)CCCCCCCCCCCCCCC)OC(=O)CCC/C=C\C/C=C\C/C=C\C/C=C\C/C=C\CC. The quantitative estimate of drug-likeness (QED) is 0.0169. The van der Waals surface area contributed by atoms with Crippen LogP contribution < -0.4 is 0 Å². The molecular formula is C81H136O17P2. The number of carbonyl (C=O) groups excluding carboxylic acids is 4. The summed E-state index contributed by atoms with van der Waals surface area (Å²) in [5.74, 6) is -2.32. The molecule has 0 aliphatic carbocycles. The first-order chi connectivity index (χ1) is 48.7. The number of phosphoric acid groups is 2. The van der Waals surface area contributed by atoms with E-state index < -0.39 is 97.5 Å². The number of unbranched alkanes of at least 4 members (excludes halogenated alkanes) is 23. The van der Waals surface area contributed by atoms with Gasteiger partial charge in [-0.05, 0) is 128 Å². The van der Waals surface area contributed by atoms with Gasteiger partial charge in [-0.2, -0.15) is 0 Å². The van der Waals surface area contributed by atoms with Crippen LogP contribution in [-0.2, 0) is 65.4 Å². The molecule has 100 heavy (non-hydrogen) atoms. The van der Waals surface area contributed by atoms with E-state index in [2.05, 4.69) is 137 Å². The van der Waals surface area contributed by atoms with Gasteiger partial charge in [0.1, 0.15) is 19.3 Å². The molecule has 572 valence electrons. The van der Waals surface area contributed by atoms with Crippen molar-refractivity contribution in [3.63, 3.8) is 0 Å². The highest BCUT2D eigenvalue weighted by atomic mass is 31.2. The molecule has 17 nitrogen and oxygen atoms in total. The normalized spacial score (nSPS) is 14.7. The topological polar surface area (TPSA) is 237 Å². The molecule has 0 aromatic carbocycles. The Bertz CT molecular complexity index is 2420. The Morgan fingerprint density at radius 2 is 0.530 bits per heavy atom. The highest BCUT2D eigenvalue weighted by Gasteiger charge is 2.30. The molecular weight excluding hydrogens is 1310 g/mol. The van der Waals surface area contributed by atoms with E-state index in [9.17, 15) is 43.2 Å². The van der Waals surface area contributed by atoms with Gasteiger partial charge in [-0.15, -0.1) is 0 Å². The van der Waals surface area contributed by atoms with Crippen LogP contribution in [0.1, 0.15) is 297 Å². The number of aliphatic hydroxyl groups excluding tert-OH is 1. The van der Waals surface area contributed by atoms with Gasteiger partial charge in [0.05, 0.1) is 26.4 Å². The van der Waals surface area contributed by atoms with Crippen molar-refractivity contribution in [1.82, 2.24) is 0 Å². The molecule has 19 heteroatoms. The van der Waals surface area contributed by atoms with Crippen molar-refractivity contribution >= 4 is 39.5 Å². The molecule has 0 rings (SSSR count). The maximum atomic E-state index is 13.1. The summed E-state index contributed by atoms with van der Waals surface area (Å²) in [6.07, 6.45) is 80.3. The van der Waals surface area contributed by atoms with E-state index >= 15 is 0 Å². The zero-order chi connectivity index (χ0) is 73.2. The van der Waals surface area contributed by atoms with Crippen LogP contribution in [0.25, 0.3) is 0 Å². The summed E-state index contributed by atoms with van der Waals surface area (Å²) >= 11 is 0. The smallest absolute Gasteiger partial charge is 0.462 e. The molecule has 0 heterocycles. The molecule has 0 saturated heterocycles. The number of phosphoric ester groups is 2. The van der Waals surface area contributed by atoms with E-state index in [-0.39, 0.29) is 25.7 Å². The molecule has 5 atom stereocenters. The van der Waals surface area contributed by atoms with Crippen LogP contribution in [0.3, 0.4) is 0 Å². The molecule has 0 aromatic heterocycles. The van der Waals surface area contributed by atoms with Gasteiger partial charge in [-0.3, -0.25) is 37.3 Å². The van der Waals surface area contributed by atoms with E-state index in [1.54, 1.807) is 0 Å². The first-order valence-electron chi connectivity index (χ1n) is 38.4. The Kier molecular flexibility index (Phi) is 69.1. The zero-order valence-corrected chi connectivity index (χ0v) is 64.1. The Balaban J connectivity index is 5.46.